The standard InChI is InChI=1S/C19H19ClN2S/c1-21-8-10-22(11-9-21)17-12-14-4-2-3-5-18(14)23-19-7-6-15(20)13-16(17)19/h2-7,12-13H,8-11H2,1H3. The second-order valence-electron chi connectivity index (χ2n) is 6.10. The molecule has 0 saturated carbocycles. The zero-order valence-corrected chi connectivity index (χ0v) is 14.7. The third kappa shape index (κ3) is 3.01. The second-order valence-corrected chi connectivity index (χ2v) is 7.62. The van der Waals surface area contributed by atoms with E-state index in [2.05, 4.69) is 59.3 Å². The van der Waals surface area contributed by atoms with Crippen LogP contribution in [0.4, 0.5) is 0 Å². The molecule has 0 atom stereocenters. The number of nitrogens with zero attached hydrogens (tertiary/aromatic N) is 2. The fraction of sp³-hybridized carbons (Fsp3) is 0.263. The van der Waals surface area contributed by atoms with Crippen LogP contribution in [0.5, 0.6) is 0 Å². The highest BCUT2D eigenvalue weighted by Gasteiger charge is 2.23. The molecule has 118 valence electrons. The molecular formula is C19H19ClN2S. The molecule has 0 radical (unpaired) electrons. The van der Waals surface area contributed by atoms with Gasteiger partial charge in [-0.25, -0.2) is 0 Å². The van der Waals surface area contributed by atoms with E-state index in [9.17, 15) is 0 Å². The summed E-state index contributed by atoms with van der Waals surface area (Å²) in [6, 6.07) is 14.9. The summed E-state index contributed by atoms with van der Waals surface area (Å²) in [6.07, 6.45) is 2.33. The summed E-state index contributed by atoms with van der Waals surface area (Å²) >= 11 is 8.14. The Balaban J connectivity index is 1.84. The number of fused-ring (bicyclic) bond motifs is 2. The van der Waals surface area contributed by atoms with E-state index >= 15 is 0 Å². The van der Waals surface area contributed by atoms with Gasteiger partial charge in [0.25, 0.3) is 0 Å². The lowest BCUT2D eigenvalue weighted by molar-refractivity contribution is 0.207. The Labute approximate surface area is 146 Å². The van der Waals surface area contributed by atoms with Gasteiger partial charge in [-0.3, -0.25) is 0 Å². The lowest BCUT2D eigenvalue weighted by Gasteiger charge is -2.36. The minimum Gasteiger partial charge on any atom is -0.368 e. The van der Waals surface area contributed by atoms with E-state index < -0.39 is 0 Å². The quantitative estimate of drug-likeness (QED) is 0.750. The van der Waals surface area contributed by atoms with E-state index in [0.29, 0.717) is 0 Å². The summed E-state index contributed by atoms with van der Waals surface area (Å²) < 4.78 is 0. The van der Waals surface area contributed by atoms with Gasteiger partial charge in [0, 0.05) is 52.3 Å². The topological polar surface area (TPSA) is 6.48 Å². The molecular weight excluding hydrogens is 324 g/mol. The van der Waals surface area contributed by atoms with Gasteiger partial charge in [-0.15, -0.1) is 0 Å². The van der Waals surface area contributed by atoms with Gasteiger partial charge in [0.05, 0.1) is 0 Å². The molecule has 4 rings (SSSR count). The monoisotopic (exact) mass is 342 g/mol. The van der Waals surface area contributed by atoms with Gasteiger partial charge >= 0.3 is 0 Å². The zero-order chi connectivity index (χ0) is 15.8. The first kappa shape index (κ1) is 15.1. The minimum atomic E-state index is 0.801. The molecule has 2 aliphatic rings. The summed E-state index contributed by atoms with van der Waals surface area (Å²) in [4.78, 5) is 7.47. The maximum atomic E-state index is 6.31. The van der Waals surface area contributed by atoms with E-state index in [0.717, 1.165) is 31.2 Å². The Morgan fingerprint density at radius 2 is 1.74 bits per heavy atom. The summed E-state index contributed by atoms with van der Waals surface area (Å²) in [5.74, 6) is 0. The van der Waals surface area contributed by atoms with Crippen molar-refractivity contribution in [1.29, 1.82) is 0 Å². The van der Waals surface area contributed by atoms with Gasteiger partial charge in [0.2, 0.25) is 0 Å². The number of piperazine rings is 1. The molecule has 2 heterocycles. The van der Waals surface area contributed by atoms with Gasteiger partial charge in [0.1, 0.15) is 0 Å². The van der Waals surface area contributed by atoms with Crippen LogP contribution in [0.3, 0.4) is 0 Å². The van der Waals surface area contributed by atoms with Crippen molar-refractivity contribution in [2.24, 2.45) is 0 Å². The number of rotatable bonds is 1. The Morgan fingerprint density at radius 3 is 2.57 bits per heavy atom. The van der Waals surface area contributed by atoms with Crippen LogP contribution in [0.15, 0.2) is 52.3 Å². The van der Waals surface area contributed by atoms with E-state index in [1.165, 1.54) is 26.6 Å². The summed E-state index contributed by atoms with van der Waals surface area (Å²) in [5.41, 5.74) is 3.84. The maximum absolute atomic E-state index is 6.31. The molecule has 0 amide bonds. The summed E-state index contributed by atoms with van der Waals surface area (Å²) in [6.45, 7) is 4.31. The van der Waals surface area contributed by atoms with E-state index in [1.807, 2.05) is 17.8 Å². The number of hydrogen-bond acceptors (Lipinski definition) is 3. The molecule has 1 saturated heterocycles. The van der Waals surface area contributed by atoms with Crippen LogP contribution < -0.4 is 0 Å². The highest BCUT2D eigenvalue weighted by molar-refractivity contribution is 7.99. The third-order valence-corrected chi connectivity index (χ3v) is 5.90. The molecule has 1 fully saturated rings. The van der Waals surface area contributed by atoms with Gasteiger partial charge < -0.3 is 9.80 Å². The molecule has 23 heavy (non-hydrogen) atoms. The lowest BCUT2D eigenvalue weighted by atomic mass is 10.1. The third-order valence-electron chi connectivity index (χ3n) is 4.49. The van der Waals surface area contributed by atoms with Crippen LogP contribution in [-0.4, -0.2) is 43.0 Å². The summed E-state index contributed by atoms with van der Waals surface area (Å²) in [7, 11) is 2.19. The first-order valence-electron chi connectivity index (χ1n) is 7.93. The molecule has 0 unspecified atom stereocenters. The van der Waals surface area contributed by atoms with Crippen LogP contribution in [0.25, 0.3) is 11.8 Å². The van der Waals surface area contributed by atoms with E-state index in [1.54, 1.807) is 0 Å². The predicted octanol–water partition coefficient (Wildman–Crippen LogP) is 4.55. The molecule has 2 aromatic carbocycles. The van der Waals surface area contributed by atoms with Crippen molar-refractivity contribution in [3.05, 3.63) is 58.6 Å². The molecule has 2 nitrogen and oxygen atoms in total. The van der Waals surface area contributed by atoms with Crippen molar-refractivity contribution >= 4 is 35.1 Å². The maximum Gasteiger partial charge on any atom is 0.0459 e. The van der Waals surface area contributed by atoms with Crippen molar-refractivity contribution in [3.63, 3.8) is 0 Å². The average Bonchev–Trinajstić information content (AvgIpc) is 2.72. The van der Waals surface area contributed by atoms with Gasteiger partial charge in [-0.05, 0) is 43.0 Å². The fourth-order valence-corrected chi connectivity index (χ4v) is 4.35. The minimum absolute atomic E-state index is 0.801. The van der Waals surface area contributed by atoms with Crippen molar-refractivity contribution in [1.82, 2.24) is 9.80 Å². The molecule has 0 aliphatic carbocycles. The number of halogens is 1. The molecule has 2 aliphatic heterocycles. The average molecular weight is 343 g/mol. The van der Waals surface area contributed by atoms with Crippen LogP contribution >= 0.6 is 23.4 Å². The van der Waals surface area contributed by atoms with Crippen molar-refractivity contribution < 1.29 is 0 Å². The van der Waals surface area contributed by atoms with Crippen LogP contribution in [0, 0.1) is 0 Å². The number of likely N-dealkylation sites (N-methyl/N-ethyl adjacent to an activating group) is 1. The van der Waals surface area contributed by atoms with Crippen LogP contribution in [0.1, 0.15) is 11.1 Å². The molecule has 0 spiro atoms. The van der Waals surface area contributed by atoms with Crippen LogP contribution in [-0.2, 0) is 0 Å². The fourth-order valence-electron chi connectivity index (χ4n) is 3.14. The highest BCUT2D eigenvalue weighted by Crippen LogP contribution is 2.42. The van der Waals surface area contributed by atoms with E-state index in [-0.39, 0.29) is 0 Å². The van der Waals surface area contributed by atoms with Crippen molar-refractivity contribution in [3.8, 4) is 0 Å². The summed E-state index contributed by atoms with van der Waals surface area (Å²) in [5, 5.41) is 0.801. The van der Waals surface area contributed by atoms with Crippen molar-refractivity contribution in [2.75, 3.05) is 33.2 Å². The van der Waals surface area contributed by atoms with Crippen molar-refractivity contribution in [2.45, 2.75) is 9.79 Å². The van der Waals surface area contributed by atoms with Gasteiger partial charge in [-0.2, -0.15) is 0 Å². The van der Waals surface area contributed by atoms with Crippen LogP contribution in [0.2, 0.25) is 5.02 Å². The first-order valence-corrected chi connectivity index (χ1v) is 9.12. The Hall–Kier alpha value is -1.42. The highest BCUT2D eigenvalue weighted by atomic mass is 35.5. The molecule has 0 N–H and O–H groups in total. The van der Waals surface area contributed by atoms with E-state index in [4.69, 9.17) is 11.6 Å². The predicted molar refractivity (Wildman–Crippen MR) is 99.0 cm³/mol. The molecule has 0 aromatic heterocycles. The lowest BCUT2D eigenvalue weighted by Crippen LogP contribution is -2.43. The molecule has 4 heteroatoms. The Bertz CT molecular complexity index is 764. The number of benzene rings is 2. The number of hydrogen-bond donors (Lipinski definition) is 0. The zero-order valence-electron chi connectivity index (χ0n) is 13.1. The Kier molecular flexibility index (Phi) is 4.10. The second kappa shape index (κ2) is 6.23. The largest absolute Gasteiger partial charge is 0.368 e. The molecule has 0 bridgehead atoms. The smallest absolute Gasteiger partial charge is 0.0459 e. The first-order chi connectivity index (χ1) is 11.2. The molecule has 2 aromatic rings. The normalized spacial score (nSPS) is 18.0. The SMILES string of the molecule is CN1CCN(C2=Cc3ccccc3Sc3ccc(Cl)cc32)CC1. The van der Waals surface area contributed by atoms with Gasteiger partial charge in [-0.1, -0.05) is 41.6 Å². The Morgan fingerprint density at radius 1 is 0.957 bits per heavy atom. The van der Waals surface area contributed by atoms with Gasteiger partial charge in [0.15, 0.2) is 0 Å².